The van der Waals surface area contributed by atoms with Gasteiger partial charge >= 0.3 is 0 Å². The van der Waals surface area contributed by atoms with Gasteiger partial charge in [0.1, 0.15) is 5.01 Å². The predicted molar refractivity (Wildman–Crippen MR) is 70.9 cm³/mol. The van der Waals surface area contributed by atoms with Crippen molar-refractivity contribution in [2.24, 2.45) is 5.73 Å². The van der Waals surface area contributed by atoms with Gasteiger partial charge in [-0.2, -0.15) is 0 Å². The van der Waals surface area contributed by atoms with Crippen LogP contribution in [0.5, 0.6) is 0 Å². The molecular formula is C12H21N3OS. The molecule has 0 saturated heterocycles. The molecule has 0 fully saturated rings. The maximum atomic E-state index is 10.7. The smallest absolute Gasteiger partial charge is 0.218 e. The van der Waals surface area contributed by atoms with Crippen LogP contribution >= 0.6 is 11.3 Å². The van der Waals surface area contributed by atoms with Crippen LogP contribution in [0.4, 0.5) is 0 Å². The zero-order valence-electron chi connectivity index (χ0n) is 10.9. The van der Waals surface area contributed by atoms with Crippen molar-refractivity contribution in [2.75, 3.05) is 0 Å². The van der Waals surface area contributed by atoms with Gasteiger partial charge in [0.05, 0.1) is 5.69 Å². The van der Waals surface area contributed by atoms with Crippen molar-refractivity contribution in [1.82, 2.24) is 10.3 Å². The topological polar surface area (TPSA) is 68.0 Å². The Bertz CT molecular complexity index is 381. The van der Waals surface area contributed by atoms with Crippen molar-refractivity contribution in [3.8, 4) is 0 Å². The van der Waals surface area contributed by atoms with Crippen molar-refractivity contribution < 1.29 is 4.79 Å². The number of hydrogen-bond acceptors (Lipinski definition) is 4. The first-order valence-corrected chi connectivity index (χ1v) is 6.63. The molecule has 1 unspecified atom stereocenters. The third-order valence-corrected chi connectivity index (χ3v) is 3.28. The molecule has 0 aliphatic heterocycles. The normalized spacial score (nSPS) is 13.6. The van der Waals surface area contributed by atoms with Gasteiger partial charge in [0, 0.05) is 29.8 Å². The Morgan fingerprint density at radius 2 is 2.24 bits per heavy atom. The molecule has 0 saturated carbocycles. The second-order valence-electron chi connectivity index (χ2n) is 5.33. The fraction of sp³-hybridized carbons (Fsp3) is 0.667. The van der Waals surface area contributed by atoms with Crippen LogP contribution in [-0.2, 0) is 16.8 Å². The van der Waals surface area contributed by atoms with Crippen molar-refractivity contribution in [3.63, 3.8) is 0 Å². The van der Waals surface area contributed by atoms with E-state index in [1.54, 1.807) is 11.3 Å². The number of aromatic nitrogens is 1. The second-order valence-corrected chi connectivity index (χ2v) is 6.27. The number of nitrogens with one attached hydrogen (secondary N) is 1. The number of primary amides is 1. The van der Waals surface area contributed by atoms with E-state index in [1.165, 1.54) is 0 Å². The van der Waals surface area contributed by atoms with E-state index in [0.717, 1.165) is 10.7 Å². The lowest BCUT2D eigenvalue weighted by Gasteiger charge is -2.14. The van der Waals surface area contributed by atoms with Crippen molar-refractivity contribution >= 4 is 17.2 Å². The fourth-order valence-electron chi connectivity index (χ4n) is 1.37. The van der Waals surface area contributed by atoms with Crippen molar-refractivity contribution in [3.05, 3.63) is 16.1 Å². The van der Waals surface area contributed by atoms with Gasteiger partial charge in [0.15, 0.2) is 0 Å². The number of carbonyl (C=O) groups is 1. The summed E-state index contributed by atoms with van der Waals surface area (Å²) in [6.45, 7) is 9.08. The summed E-state index contributed by atoms with van der Waals surface area (Å²) < 4.78 is 0. The molecule has 3 N–H and O–H groups in total. The summed E-state index contributed by atoms with van der Waals surface area (Å²) in [4.78, 5) is 15.3. The highest BCUT2D eigenvalue weighted by Crippen LogP contribution is 2.23. The van der Waals surface area contributed by atoms with E-state index in [0.29, 0.717) is 13.0 Å². The minimum absolute atomic E-state index is 0.0909. The Kier molecular flexibility index (Phi) is 4.65. The van der Waals surface area contributed by atoms with E-state index in [-0.39, 0.29) is 17.4 Å². The molecule has 17 heavy (non-hydrogen) atoms. The lowest BCUT2D eigenvalue weighted by Crippen LogP contribution is -2.30. The average Bonchev–Trinajstić information content (AvgIpc) is 2.61. The monoisotopic (exact) mass is 255 g/mol. The number of hydrogen-bond donors (Lipinski definition) is 2. The van der Waals surface area contributed by atoms with E-state index in [4.69, 9.17) is 5.73 Å². The average molecular weight is 255 g/mol. The molecule has 0 radical (unpaired) electrons. The summed E-state index contributed by atoms with van der Waals surface area (Å²) in [5, 5.41) is 6.38. The summed E-state index contributed by atoms with van der Waals surface area (Å²) in [7, 11) is 0. The number of rotatable bonds is 5. The van der Waals surface area contributed by atoms with E-state index in [1.807, 2.05) is 6.92 Å². The summed E-state index contributed by atoms with van der Waals surface area (Å²) in [6, 6.07) is 0.0921. The molecule has 4 nitrogen and oxygen atoms in total. The molecule has 1 aromatic rings. The maximum absolute atomic E-state index is 10.7. The molecule has 0 aliphatic rings. The van der Waals surface area contributed by atoms with Gasteiger partial charge in [0.2, 0.25) is 5.91 Å². The van der Waals surface area contributed by atoms with Gasteiger partial charge < -0.3 is 11.1 Å². The van der Waals surface area contributed by atoms with Crippen LogP contribution in [0.25, 0.3) is 0 Å². The first-order valence-electron chi connectivity index (χ1n) is 5.75. The lowest BCUT2D eigenvalue weighted by molar-refractivity contribution is -0.118. The van der Waals surface area contributed by atoms with Crippen molar-refractivity contribution in [1.29, 1.82) is 0 Å². The first-order chi connectivity index (χ1) is 7.79. The summed E-state index contributed by atoms with van der Waals surface area (Å²) in [6.07, 6.45) is 0.359. The van der Waals surface area contributed by atoms with Gasteiger partial charge in [-0.15, -0.1) is 11.3 Å². The van der Waals surface area contributed by atoms with Gasteiger partial charge in [-0.25, -0.2) is 4.98 Å². The Morgan fingerprint density at radius 3 is 2.71 bits per heavy atom. The summed E-state index contributed by atoms with van der Waals surface area (Å²) in [5.41, 5.74) is 6.34. The zero-order chi connectivity index (χ0) is 13.1. The van der Waals surface area contributed by atoms with E-state index in [2.05, 4.69) is 36.5 Å². The molecule has 0 aliphatic carbocycles. The molecular weight excluding hydrogens is 234 g/mol. The molecule has 1 rings (SSSR count). The highest BCUT2D eigenvalue weighted by Gasteiger charge is 2.17. The van der Waals surface area contributed by atoms with Gasteiger partial charge in [-0.3, -0.25) is 4.79 Å². The first kappa shape index (κ1) is 14.1. The quantitative estimate of drug-likeness (QED) is 0.843. The predicted octanol–water partition coefficient (Wildman–Crippen LogP) is 1.79. The standard InChI is InChI=1S/C12H21N3OS/c1-8(5-10(13)16)14-6-11-15-9(7-17-11)12(2,3)4/h7-8,14H,5-6H2,1-4H3,(H2,13,16). The molecule has 1 atom stereocenters. The van der Waals surface area contributed by atoms with Crippen LogP contribution in [0, 0.1) is 0 Å². The fourth-order valence-corrected chi connectivity index (χ4v) is 2.34. The molecule has 0 bridgehead atoms. The van der Waals surface area contributed by atoms with Crippen LogP contribution in [0.3, 0.4) is 0 Å². The van der Waals surface area contributed by atoms with Crippen LogP contribution in [-0.4, -0.2) is 16.9 Å². The Labute approximate surface area is 107 Å². The number of carbonyl (C=O) groups excluding carboxylic acids is 1. The lowest BCUT2D eigenvalue weighted by atomic mass is 9.93. The molecule has 1 amide bonds. The van der Waals surface area contributed by atoms with Crippen molar-refractivity contribution in [2.45, 2.75) is 52.1 Å². The third-order valence-electron chi connectivity index (χ3n) is 2.43. The zero-order valence-corrected chi connectivity index (χ0v) is 11.7. The highest BCUT2D eigenvalue weighted by molar-refractivity contribution is 7.09. The third kappa shape index (κ3) is 4.83. The van der Waals surface area contributed by atoms with E-state index < -0.39 is 0 Å². The van der Waals surface area contributed by atoms with Crippen LogP contribution in [0.1, 0.15) is 44.8 Å². The molecule has 5 heteroatoms. The van der Waals surface area contributed by atoms with Gasteiger partial charge in [-0.05, 0) is 6.92 Å². The number of thiazole rings is 1. The second kappa shape index (κ2) is 5.60. The minimum Gasteiger partial charge on any atom is -0.370 e. The molecule has 96 valence electrons. The largest absolute Gasteiger partial charge is 0.370 e. The molecule has 1 aromatic heterocycles. The summed E-state index contributed by atoms with van der Waals surface area (Å²) >= 11 is 1.65. The molecule has 0 aromatic carbocycles. The Hall–Kier alpha value is -0.940. The Balaban J connectivity index is 2.48. The molecule has 0 spiro atoms. The Morgan fingerprint density at radius 1 is 1.59 bits per heavy atom. The van der Waals surface area contributed by atoms with E-state index >= 15 is 0 Å². The van der Waals surface area contributed by atoms with Crippen LogP contribution < -0.4 is 11.1 Å². The number of amides is 1. The summed E-state index contributed by atoms with van der Waals surface area (Å²) in [5.74, 6) is -0.278. The van der Waals surface area contributed by atoms with Gasteiger partial charge in [0.25, 0.3) is 0 Å². The number of nitrogens with zero attached hydrogens (tertiary/aromatic N) is 1. The van der Waals surface area contributed by atoms with Crippen LogP contribution in [0.15, 0.2) is 5.38 Å². The SMILES string of the molecule is CC(CC(N)=O)NCc1nc(C(C)(C)C)cs1. The highest BCUT2D eigenvalue weighted by atomic mass is 32.1. The minimum atomic E-state index is -0.278. The van der Waals surface area contributed by atoms with E-state index in [9.17, 15) is 4.79 Å². The van der Waals surface area contributed by atoms with Crippen LogP contribution in [0.2, 0.25) is 0 Å². The molecule has 1 heterocycles. The maximum Gasteiger partial charge on any atom is 0.218 e. The van der Waals surface area contributed by atoms with Gasteiger partial charge in [-0.1, -0.05) is 20.8 Å². The number of nitrogens with two attached hydrogens (primary N) is 1.